The second kappa shape index (κ2) is 14.8. The first-order valence-electron chi connectivity index (χ1n) is 12.2. The number of carbonyl (C=O) groups is 5. The van der Waals surface area contributed by atoms with Crippen LogP contribution in [-0.4, -0.2) is 152 Å². The first-order chi connectivity index (χ1) is 17.1. The number of nitrogens with zero attached hydrogens (tertiary/aromatic N) is 4. The topological polar surface area (TPSA) is 191 Å². The van der Waals surface area contributed by atoms with Crippen LogP contribution in [0.5, 0.6) is 0 Å². The third-order valence-corrected chi connectivity index (χ3v) is 6.71. The highest BCUT2D eigenvalue weighted by atomic mass is 16.4. The molecule has 0 aromatic rings. The molecule has 0 aromatic heterocycles. The lowest BCUT2D eigenvalue weighted by Crippen LogP contribution is -2.60. The Labute approximate surface area is 216 Å². The van der Waals surface area contributed by atoms with Gasteiger partial charge in [-0.3, -0.25) is 43.6 Å². The highest BCUT2D eigenvalue weighted by Gasteiger charge is 2.34. The number of hydrogen-bond acceptors (Lipinski definition) is 9. The number of aliphatic carboxylic acids is 4. The average Bonchev–Trinajstić information content (AvgIpc) is 2.77. The molecule has 14 nitrogen and oxygen atoms in total. The van der Waals surface area contributed by atoms with E-state index in [-0.39, 0.29) is 70.0 Å². The number of carbonyl (C=O) groups excluding carboxylic acids is 1. The molecule has 212 valence electrons. The van der Waals surface area contributed by atoms with Gasteiger partial charge in [-0.05, 0) is 34.6 Å². The summed E-state index contributed by atoms with van der Waals surface area (Å²) < 4.78 is 0. The van der Waals surface area contributed by atoms with Crippen LogP contribution in [-0.2, 0) is 24.0 Å². The summed E-state index contributed by atoms with van der Waals surface area (Å²) in [6.45, 7) is 8.34. The Hall–Kier alpha value is -2.81. The minimum Gasteiger partial charge on any atom is -0.480 e. The number of carboxylic acid groups (broad SMARTS) is 4. The van der Waals surface area contributed by atoms with Gasteiger partial charge >= 0.3 is 23.9 Å². The largest absolute Gasteiger partial charge is 0.480 e. The van der Waals surface area contributed by atoms with E-state index in [1.807, 2.05) is 18.7 Å². The maximum atomic E-state index is 12.8. The van der Waals surface area contributed by atoms with Crippen molar-refractivity contribution < 1.29 is 44.4 Å². The standard InChI is InChI=1S/C23H41N5O9/c1-14-8-26(12-21(33)34)16(3)10-28(18(5)23(37)24-6-19(29)30)17(4)9-27(13-22(35)36)15(2)7-25(14)11-20(31)32/h14-18H,6-13H2,1-5H3,(H,24,37)(H,29,30)(H,31,32)(H,33,34)(H,35,36). The molecule has 0 spiro atoms. The van der Waals surface area contributed by atoms with Gasteiger partial charge in [-0.2, -0.15) is 0 Å². The number of nitrogens with one attached hydrogen (secondary N) is 1. The highest BCUT2D eigenvalue weighted by molar-refractivity contribution is 5.84. The van der Waals surface area contributed by atoms with Crippen LogP contribution < -0.4 is 5.32 Å². The summed E-state index contributed by atoms with van der Waals surface area (Å²) >= 11 is 0. The highest BCUT2D eigenvalue weighted by Crippen LogP contribution is 2.17. The van der Waals surface area contributed by atoms with Crippen molar-refractivity contribution in [3.05, 3.63) is 0 Å². The summed E-state index contributed by atoms with van der Waals surface area (Å²) in [6.07, 6.45) is 0. The van der Waals surface area contributed by atoms with Crippen molar-refractivity contribution in [1.82, 2.24) is 24.9 Å². The predicted octanol–water partition coefficient (Wildman–Crippen LogP) is -1.39. The van der Waals surface area contributed by atoms with Crippen LogP contribution in [0, 0.1) is 0 Å². The summed E-state index contributed by atoms with van der Waals surface area (Å²) in [5, 5.41) is 39.8. The van der Waals surface area contributed by atoms with E-state index in [2.05, 4.69) is 5.32 Å². The van der Waals surface area contributed by atoms with Crippen molar-refractivity contribution in [1.29, 1.82) is 0 Å². The zero-order chi connectivity index (χ0) is 28.4. The molecule has 37 heavy (non-hydrogen) atoms. The fourth-order valence-electron chi connectivity index (χ4n) is 4.68. The molecule has 5 atom stereocenters. The Morgan fingerprint density at radius 2 is 1.00 bits per heavy atom. The quantitative estimate of drug-likeness (QED) is 0.221. The Morgan fingerprint density at radius 1 is 0.649 bits per heavy atom. The smallest absolute Gasteiger partial charge is 0.322 e. The van der Waals surface area contributed by atoms with E-state index in [1.165, 1.54) is 0 Å². The van der Waals surface area contributed by atoms with Gasteiger partial charge in [0.2, 0.25) is 5.91 Å². The minimum absolute atomic E-state index is 0.227. The first kappa shape index (κ1) is 32.2. The molecule has 14 heteroatoms. The van der Waals surface area contributed by atoms with E-state index in [0.717, 1.165) is 0 Å². The predicted molar refractivity (Wildman–Crippen MR) is 132 cm³/mol. The molecule has 1 rings (SSSR count). The molecule has 1 aliphatic rings. The molecule has 0 saturated carbocycles. The molecular weight excluding hydrogens is 490 g/mol. The lowest BCUT2D eigenvalue weighted by atomic mass is 10.1. The van der Waals surface area contributed by atoms with Crippen LogP contribution >= 0.6 is 0 Å². The Bertz CT molecular complexity index is 812. The first-order valence-corrected chi connectivity index (χ1v) is 12.2. The van der Waals surface area contributed by atoms with Crippen molar-refractivity contribution in [2.24, 2.45) is 0 Å². The van der Waals surface area contributed by atoms with Crippen LogP contribution in [0.1, 0.15) is 34.6 Å². The number of amides is 1. The molecular formula is C23H41N5O9. The van der Waals surface area contributed by atoms with Gasteiger partial charge in [-0.25, -0.2) is 0 Å². The molecule has 1 amide bonds. The molecule has 5 unspecified atom stereocenters. The zero-order valence-corrected chi connectivity index (χ0v) is 22.2. The van der Waals surface area contributed by atoms with Crippen molar-refractivity contribution >= 4 is 29.8 Å². The summed E-state index contributed by atoms with van der Waals surface area (Å²) in [5.41, 5.74) is 0. The van der Waals surface area contributed by atoms with Crippen LogP contribution in [0.2, 0.25) is 0 Å². The lowest BCUT2D eigenvalue weighted by molar-refractivity contribution is -0.142. The van der Waals surface area contributed by atoms with Gasteiger partial charge in [0.25, 0.3) is 0 Å². The van der Waals surface area contributed by atoms with Crippen molar-refractivity contribution in [2.45, 2.75) is 64.8 Å². The van der Waals surface area contributed by atoms with Gasteiger partial charge < -0.3 is 25.7 Å². The monoisotopic (exact) mass is 531 g/mol. The van der Waals surface area contributed by atoms with E-state index in [9.17, 15) is 39.3 Å². The van der Waals surface area contributed by atoms with Crippen molar-refractivity contribution in [2.75, 3.05) is 52.4 Å². The second-order valence-corrected chi connectivity index (χ2v) is 9.85. The van der Waals surface area contributed by atoms with E-state index in [4.69, 9.17) is 5.11 Å². The maximum absolute atomic E-state index is 12.8. The third kappa shape index (κ3) is 11.0. The molecule has 1 aliphatic heterocycles. The number of hydrogen-bond donors (Lipinski definition) is 5. The zero-order valence-electron chi connectivity index (χ0n) is 22.2. The van der Waals surface area contributed by atoms with E-state index in [0.29, 0.717) is 0 Å². The molecule has 1 saturated heterocycles. The Morgan fingerprint density at radius 3 is 1.35 bits per heavy atom. The molecule has 0 radical (unpaired) electrons. The van der Waals surface area contributed by atoms with Crippen LogP contribution in [0.25, 0.3) is 0 Å². The van der Waals surface area contributed by atoms with Crippen molar-refractivity contribution in [3.63, 3.8) is 0 Å². The maximum Gasteiger partial charge on any atom is 0.322 e. The second-order valence-electron chi connectivity index (χ2n) is 9.85. The minimum atomic E-state index is -1.19. The molecule has 1 fully saturated rings. The molecule has 0 bridgehead atoms. The third-order valence-electron chi connectivity index (χ3n) is 6.71. The molecule has 5 N–H and O–H groups in total. The molecule has 1 heterocycles. The van der Waals surface area contributed by atoms with Gasteiger partial charge in [-0.15, -0.1) is 0 Å². The van der Waals surface area contributed by atoms with E-state index >= 15 is 0 Å². The van der Waals surface area contributed by atoms with Gasteiger partial charge in [0.15, 0.2) is 0 Å². The summed E-state index contributed by atoms with van der Waals surface area (Å²) in [4.78, 5) is 65.5. The average molecular weight is 532 g/mol. The summed E-state index contributed by atoms with van der Waals surface area (Å²) in [6, 6.07) is -2.29. The molecule has 0 aromatic carbocycles. The summed E-state index contributed by atoms with van der Waals surface area (Å²) in [5.74, 6) is -4.86. The fourth-order valence-corrected chi connectivity index (χ4v) is 4.68. The fraction of sp³-hybridized carbons (Fsp3) is 0.783. The Kier molecular flexibility index (Phi) is 12.9. The van der Waals surface area contributed by atoms with Crippen molar-refractivity contribution in [3.8, 4) is 0 Å². The van der Waals surface area contributed by atoms with Gasteiger partial charge in [0.05, 0.1) is 25.7 Å². The SMILES string of the molecule is CC1CN(CC(=O)O)C(C)CN(C(C)C(=O)NCC(=O)O)C(C)CN(CC(=O)O)C(C)CN1CC(=O)O. The number of rotatable bonds is 10. The van der Waals surface area contributed by atoms with Crippen LogP contribution in [0.4, 0.5) is 0 Å². The summed E-state index contributed by atoms with van der Waals surface area (Å²) in [7, 11) is 0. The van der Waals surface area contributed by atoms with Gasteiger partial charge in [0, 0.05) is 50.3 Å². The van der Waals surface area contributed by atoms with E-state index < -0.39 is 42.4 Å². The van der Waals surface area contributed by atoms with Crippen LogP contribution in [0.15, 0.2) is 0 Å². The Balaban J connectivity index is 3.44. The van der Waals surface area contributed by atoms with Gasteiger partial charge in [-0.1, -0.05) is 0 Å². The van der Waals surface area contributed by atoms with Crippen LogP contribution in [0.3, 0.4) is 0 Å². The number of carboxylic acids is 4. The normalized spacial score (nSPS) is 26.4. The van der Waals surface area contributed by atoms with E-state index in [1.54, 1.807) is 35.5 Å². The molecule has 0 aliphatic carbocycles. The lowest BCUT2D eigenvalue weighted by Gasteiger charge is -2.44. The van der Waals surface area contributed by atoms with Gasteiger partial charge in [0.1, 0.15) is 6.54 Å².